The summed E-state index contributed by atoms with van der Waals surface area (Å²) in [5.41, 5.74) is 0. The summed E-state index contributed by atoms with van der Waals surface area (Å²) in [4.78, 5) is 0. The fourth-order valence-electron chi connectivity index (χ4n) is 2.20. The first kappa shape index (κ1) is 13.3. The highest BCUT2D eigenvalue weighted by atomic mass is 32.2. The van der Waals surface area contributed by atoms with Crippen molar-refractivity contribution in [1.82, 2.24) is 14.3 Å². The van der Waals surface area contributed by atoms with Crippen LogP contribution < -0.4 is 10.0 Å². The second-order valence-corrected chi connectivity index (χ2v) is 6.75. The third-order valence-electron chi connectivity index (χ3n) is 3.29. The van der Waals surface area contributed by atoms with Crippen LogP contribution in [-0.2, 0) is 10.2 Å². The van der Waals surface area contributed by atoms with E-state index in [1.807, 2.05) is 6.92 Å². The molecule has 2 aliphatic rings. The van der Waals surface area contributed by atoms with Crippen molar-refractivity contribution < 1.29 is 8.42 Å². The molecule has 0 amide bonds. The Morgan fingerprint density at radius 2 is 2.12 bits per heavy atom. The van der Waals surface area contributed by atoms with Crippen molar-refractivity contribution in [3.05, 3.63) is 0 Å². The van der Waals surface area contributed by atoms with Crippen LogP contribution in [0.2, 0.25) is 0 Å². The van der Waals surface area contributed by atoms with Gasteiger partial charge in [0.15, 0.2) is 0 Å². The molecule has 6 heteroatoms. The molecule has 1 saturated heterocycles. The minimum absolute atomic E-state index is 0.191. The van der Waals surface area contributed by atoms with Crippen LogP contribution in [0.25, 0.3) is 0 Å². The van der Waals surface area contributed by atoms with E-state index in [1.54, 1.807) is 4.31 Å². The van der Waals surface area contributed by atoms with Gasteiger partial charge in [0.1, 0.15) is 0 Å². The molecule has 0 aromatic heterocycles. The normalized spacial score (nSPS) is 25.6. The minimum atomic E-state index is -3.27. The van der Waals surface area contributed by atoms with Gasteiger partial charge >= 0.3 is 0 Å². The van der Waals surface area contributed by atoms with E-state index in [-0.39, 0.29) is 6.04 Å². The molecule has 1 unspecified atom stereocenters. The van der Waals surface area contributed by atoms with Gasteiger partial charge in [0, 0.05) is 25.2 Å². The van der Waals surface area contributed by atoms with Gasteiger partial charge in [-0.15, -0.1) is 0 Å². The van der Waals surface area contributed by atoms with Gasteiger partial charge in [0.25, 0.3) is 10.2 Å². The molecule has 2 fully saturated rings. The van der Waals surface area contributed by atoms with E-state index in [9.17, 15) is 8.42 Å². The summed E-state index contributed by atoms with van der Waals surface area (Å²) >= 11 is 0. The molecule has 1 atom stereocenters. The van der Waals surface area contributed by atoms with Crippen LogP contribution in [0, 0.1) is 0 Å². The Bertz CT molecular complexity index is 335. The van der Waals surface area contributed by atoms with Gasteiger partial charge < -0.3 is 5.32 Å². The quantitative estimate of drug-likeness (QED) is 0.699. The molecule has 0 bridgehead atoms. The minimum Gasteiger partial charge on any atom is -0.313 e. The Morgan fingerprint density at radius 3 is 2.65 bits per heavy atom. The Balaban J connectivity index is 1.93. The first-order chi connectivity index (χ1) is 8.12. The van der Waals surface area contributed by atoms with Crippen molar-refractivity contribution in [2.24, 2.45) is 0 Å². The zero-order valence-electron chi connectivity index (χ0n) is 10.5. The maximum atomic E-state index is 12.1. The van der Waals surface area contributed by atoms with E-state index in [2.05, 4.69) is 10.0 Å². The third kappa shape index (κ3) is 3.91. The zero-order valence-corrected chi connectivity index (χ0v) is 11.3. The van der Waals surface area contributed by atoms with Gasteiger partial charge in [0.2, 0.25) is 0 Å². The molecule has 1 aliphatic heterocycles. The van der Waals surface area contributed by atoms with Crippen LogP contribution in [0.1, 0.15) is 39.0 Å². The number of rotatable bonds is 7. The summed E-state index contributed by atoms with van der Waals surface area (Å²) in [6, 6.07) is 0.522. The monoisotopic (exact) mass is 261 g/mol. The van der Waals surface area contributed by atoms with E-state index < -0.39 is 10.2 Å². The SMILES string of the molecule is CCCN(CC1CCCN1)S(=O)(=O)NC1CC1. The topological polar surface area (TPSA) is 61.4 Å². The van der Waals surface area contributed by atoms with Crippen molar-refractivity contribution in [2.75, 3.05) is 19.6 Å². The summed E-state index contributed by atoms with van der Waals surface area (Å²) in [6.07, 6.45) is 5.07. The molecule has 1 heterocycles. The van der Waals surface area contributed by atoms with Crippen LogP contribution in [0.4, 0.5) is 0 Å². The largest absolute Gasteiger partial charge is 0.313 e. The Labute approximate surface area is 104 Å². The number of hydrogen-bond donors (Lipinski definition) is 2. The van der Waals surface area contributed by atoms with E-state index in [0.717, 1.165) is 38.6 Å². The Kier molecular flexibility index (Phi) is 4.41. The summed E-state index contributed by atoms with van der Waals surface area (Å²) in [6.45, 7) is 4.25. The van der Waals surface area contributed by atoms with Crippen LogP contribution in [0.15, 0.2) is 0 Å². The van der Waals surface area contributed by atoms with E-state index >= 15 is 0 Å². The molecule has 0 aromatic rings. The molecule has 2 N–H and O–H groups in total. The van der Waals surface area contributed by atoms with E-state index in [1.165, 1.54) is 0 Å². The summed E-state index contributed by atoms with van der Waals surface area (Å²) < 4.78 is 28.7. The van der Waals surface area contributed by atoms with Crippen molar-refractivity contribution in [1.29, 1.82) is 0 Å². The van der Waals surface area contributed by atoms with Gasteiger partial charge in [-0.25, -0.2) is 0 Å². The van der Waals surface area contributed by atoms with Gasteiger partial charge in [-0.1, -0.05) is 6.92 Å². The van der Waals surface area contributed by atoms with E-state index in [0.29, 0.717) is 19.1 Å². The van der Waals surface area contributed by atoms with Crippen LogP contribution in [-0.4, -0.2) is 44.4 Å². The molecule has 100 valence electrons. The standard InChI is InChI=1S/C11H23N3O2S/c1-2-8-14(9-11-4-3-7-12-11)17(15,16)13-10-5-6-10/h10-13H,2-9H2,1H3. The Hall–Kier alpha value is -0.170. The molecular formula is C11H23N3O2S. The molecule has 1 saturated carbocycles. The van der Waals surface area contributed by atoms with Gasteiger partial charge in [0.05, 0.1) is 0 Å². The third-order valence-corrected chi connectivity index (χ3v) is 4.93. The fraction of sp³-hybridized carbons (Fsp3) is 1.00. The maximum Gasteiger partial charge on any atom is 0.279 e. The van der Waals surface area contributed by atoms with Crippen molar-refractivity contribution in [3.8, 4) is 0 Å². The fourth-order valence-corrected chi connectivity index (χ4v) is 3.81. The highest BCUT2D eigenvalue weighted by molar-refractivity contribution is 7.87. The van der Waals surface area contributed by atoms with Gasteiger partial charge in [-0.2, -0.15) is 17.4 Å². The summed E-state index contributed by atoms with van der Waals surface area (Å²) in [5.74, 6) is 0. The molecule has 5 nitrogen and oxygen atoms in total. The summed E-state index contributed by atoms with van der Waals surface area (Å²) in [5, 5.41) is 3.35. The lowest BCUT2D eigenvalue weighted by molar-refractivity contribution is 0.363. The summed E-state index contributed by atoms with van der Waals surface area (Å²) in [7, 11) is -3.27. The molecule has 1 aliphatic carbocycles. The molecular weight excluding hydrogens is 238 g/mol. The first-order valence-electron chi connectivity index (χ1n) is 6.62. The lowest BCUT2D eigenvalue weighted by Gasteiger charge is -2.24. The maximum absolute atomic E-state index is 12.1. The van der Waals surface area contributed by atoms with Crippen LogP contribution in [0.5, 0.6) is 0 Å². The van der Waals surface area contributed by atoms with Gasteiger partial charge in [-0.05, 0) is 38.6 Å². The average Bonchev–Trinajstić information content (AvgIpc) is 2.92. The lowest BCUT2D eigenvalue weighted by Crippen LogP contribution is -2.47. The van der Waals surface area contributed by atoms with Crippen molar-refractivity contribution >= 4 is 10.2 Å². The highest BCUT2D eigenvalue weighted by Crippen LogP contribution is 2.21. The predicted molar refractivity (Wildman–Crippen MR) is 68.0 cm³/mol. The number of hydrogen-bond acceptors (Lipinski definition) is 3. The van der Waals surface area contributed by atoms with Crippen LogP contribution >= 0.6 is 0 Å². The van der Waals surface area contributed by atoms with Crippen molar-refractivity contribution in [2.45, 2.75) is 51.1 Å². The lowest BCUT2D eigenvalue weighted by atomic mass is 10.2. The average molecular weight is 261 g/mol. The van der Waals surface area contributed by atoms with Gasteiger partial charge in [-0.3, -0.25) is 0 Å². The zero-order chi connectivity index (χ0) is 12.3. The number of nitrogens with zero attached hydrogens (tertiary/aromatic N) is 1. The molecule has 17 heavy (non-hydrogen) atoms. The molecule has 0 spiro atoms. The second-order valence-electron chi connectivity index (χ2n) is 5.05. The Morgan fingerprint density at radius 1 is 1.35 bits per heavy atom. The highest BCUT2D eigenvalue weighted by Gasteiger charge is 2.32. The van der Waals surface area contributed by atoms with Crippen LogP contribution in [0.3, 0.4) is 0 Å². The molecule has 2 rings (SSSR count). The smallest absolute Gasteiger partial charge is 0.279 e. The predicted octanol–water partition coefficient (Wildman–Crippen LogP) is 0.447. The van der Waals surface area contributed by atoms with Crippen molar-refractivity contribution in [3.63, 3.8) is 0 Å². The second kappa shape index (κ2) is 5.65. The molecule has 0 radical (unpaired) electrons. The van der Waals surface area contributed by atoms with E-state index in [4.69, 9.17) is 0 Å². The molecule has 0 aromatic carbocycles. The first-order valence-corrected chi connectivity index (χ1v) is 8.06. The number of nitrogens with one attached hydrogen (secondary N) is 2.